The van der Waals surface area contributed by atoms with Gasteiger partial charge >= 0.3 is 0 Å². The van der Waals surface area contributed by atoms with Gasteiger partial charge in [0, 0.05) is 10.4 Å². The van der Waals surface area contributed by atoms with Crippen LogP contribution in [0.15, 0.2) is 24.3 Å². The lowest BCUT2D eigenvalue weighted by Gasteiger charge is -2.05. The third-order valence-electron chi connectivity index (χ3n) is 2.10. The van der Waals surface area contributed by atoms with Crippen molar-refractivity contribution in [2.75, 3.05) is 5.43 Å². The molecule has 1 heterocycles. The summed E-state index contributed by atoms with van der Waals surface area (Å²) in [5.41, 5.74) is 4.44. The summed E-state index contributed by atoms with van der Waals surface area (Å²) in [5, 5.41) is 1.74. The van der Waals surface area contributed by atoms with Gasteiger partial charge in [0.25, 0.3) is 0 Å². The Bertz CT molecular complexity index is 482. The van der Waals surface area contributed by atoms with Crippen molar-refractivity contribution in [3.8, 4) is 0 Å². The molecule has 3 nitrogen and oxygen atoms in total. The molecule has 1 aromatic heterocycles. The van der Waals surface area contributed by atoms with Gasteiger partial charge in [-0.05, 0) is 36.8 Å². The topological polar surface area (TPSA) is 50.9 Å². The van der Waals surface area contributed by atoms with Crippen LogP contribution in [0.5, 0.6) is 0 Å². The lowest BCUT2D eigenvalue weighted by Crippen LogP contribution is -2.09. The molecule has 0 aliphatic carbocycles. The molecular weight excluding hydrogens is 198 g/mol. The number of halogens is 1. The number of anilines is 1. The maximum atomic E-state index is 5.88. The van der Waals surface area contributed by atoms with E-state index in [9.17, 15) is 0 Å². The van der Waals surface area contributed by atoms with Gasteiger partial charge in [0.15, 0.2) is 0 Å². The number of nitrogens with zero attached hydrogens (tertiary/aromatic N) is 1. The lowest BCUT2D eigenvalue weighted by molar-refractivity contribution is 1.23. The molecule has 2 aromatic rings. The van der Waals surface area contributed by atoms with Crippen LogP contribution in [0.25, 0.3) is 10.9 Å². The van der Waals surface area contributed by atoms with Gasteiger partial charge < -0.3 is 5.43 Å². The highest BCUT2D eigenvalue weighted by Gasteiger charge is 2.01. The molecule has 4 heteroatoms. The fraction of sp³-hybridized carbons (Fsp3) is 0.100. The van der Waals surface area contributed by atoms with E-state index in [-0.39, 0.29) is 0 Å². The van der Waals surface area contributed by atoms with Crippen LogP contribution in [-0.2, 0) is 0 Å². The minimum absolute atomic E-state index is 0.694. The molecule has 0 radical (unpaired) electrons. The molecule has 0 saturated carbocycles. The molecule has 1 aromatic carbocycles. The van der Waals surface area contributed by atoms with Crippen LogP contribution in [-0.4, -0.2) is 4.98 Å². The summed E-state index contributed by atoms with van der Waals surface area (Å²) in [6.07, 6.45) is 0. The quantitative estimate of drug-likeness (QED) is 0.558. The van der Waals surface area contributed by atoms with Gasteiger partial charge in [-0.15, -0.1) is 0 Å². The van der Waals surface area contributed by atoms with Crippen LogP contribution in [0.4, 0.5) is 5.82 Å². The number of rotatable bonds is 1. The van der Waals surface area contributed by atoms with Crippen LogP contribution in [0, 0.1) is 6.92 Å². The summed E-state index contributed by atoms with van der Waals surface area (Å²) >= 11 is 5.88. The van der Waals surface area contributed by atoms with E-state index in [0.29, 0.717) is 10.8 Å². The first-order chi connectivity index (χ1) is 6.70. The van der Waals surface area contributed by atoms with Gasteiger partial charge in [-0.2, -0.15) is 0 Å². The Hall–Kier alpha value is -1.32. The predicted octanol–water partition coefficient (Wildman–Crippen LogP) is 2.48. The number of hydrogen-bond acceptors (Lipinski definition) is 3. The van der Waals surface area contributed by atoms with Crippen LogP contribution in [0.1, 0.15) is 5.56 Å². The van der Waals surface area contributed by atoms with Gasteiger partial charge in [0.05, 0.1) is 5.52 Å². The molecular formula is C10H10ClN3. The third-order valence-corrected chi connectivity index (χ3v) is 2.34. The normalized spacial score (nSPS) is 10.5. The van der Waals surface area contributed by atoms with Crippen molar-refractivity contribution in [3.05, 3.63) is 34.9 Å². The van der Waals surface area contributed by atoms with E-state index in [1.54, 1.807) is 0 Å². The number of fused-ring (bicyclic) bond motifs is 1. The molecule has 0 atom stereocenters. The third kappa shape index (κ3) is 1.52. The largest absolute Gasteiger partial charge is 0.308 e. The Morgan fingerprint density at radius 3 is 2.86 bits per heavy atom. The van der Waals surface area contributed by atoms with Gasteiger partial charge in [0.1, 0.15) is 5.82 Å². The summed E-state index contributed by atoms with van der Waals surface area (Å²) in [6, 6.07) is 7.57. The highest BCUT2D eigenvalue weighted by molar-refractivity contribution is 6.31. The molecule has 0 fully saturated rings. The Balaban J connectivity index is 2.73. The molecule has 14 heavy (non-hydrogen) atoms. The first kappa shape index (κ1) is 9.24. The molecule has 0 spiro atoms. The number of aromatic nitrogens is 1. The Labute approximate surface area is 86.9 Å². The summed E-state index contributed by atoms with van der Waals surface area (Å²) < 4.78 is 0. The molecule has 0 aliphatic heterocycles. The van der Waals surface area contributed by atoms with Crippen LogP contribution in [0.2, 0.25) is 5.02 Å². The second kappa shape index (κ2) is 3.44. The van der Waals surface area contributed by atoms with E-state index in [4.69, 9.17) is 17.4 Å². The van der Waals surface area contributed by atoms with Crippen molar-refractivity contribution in [1.82, 2.24) is 4.98 Å². The summed E-state index contributed by atoms with van der Waals surface area (Å²) in [4.78, 5) is 4.34. The van der Waals surface area contributed by atoms with E-state index >= 15 is 0 Å². The van der Waals surface area contributed by atoms with E-state index < -0.39 is 0 Å². The molecule has 0 aliphatic rings. The highest BCUT2D eigenvalue weighted by atomic mass is 35.5. The highest BCUT2D eigenvalue weighted by Crippen LogP contribution is 2.22. The number of pyridine rings is 1. The van der Waals surface area contributed by atoms with Crippen molar-refractivity contribution in [2.45, 2.75) is 6.92 Å². The number of aryl methyl sites for hydroxylation is 1. The van der Waals surface area contributed by atoms with Crippen LogP contribution in [0.3, 0.4) is 0 Å². The summed E-state index contributed by atoms with van der Waals surface area (Å²) in [5.74, 6) is 6.03. The molecule has 2 rings (SSSR count). The zero-order valence-corrected chi connectivity index (χ0v) is 8.47. The van der Waals surface area contributed by atoms with Gasteiger partial charge in [-0.1, -0.05) is 11.6 Å². The summed E-state index contributed by atoms with van der Waals surface area (Å²) in [7, 11) is 0. The number of nitrogens with one attached hydrogen (secondary N) is 1. The first-order valence-corrected chi connectivity index (χ1v) is 4.62. The second-order valence-electron chi connectivity index (χ2n) is 3.14. The average Bonchev–Trinajstić information content (AvgIpc) is 2.16. The number of benzene rings is 1. The molecule has 3 N–H and O–H groups in total. The second-order valence-corrected chi connectivity index (χ2v) is 3.57. The number of nitrogen functional groups attached to an aromatic ring is 1. The zero-order chi connectivity index (χ0) is 10.1. The van der Waals surface area contributed by atoms with Gasteiger partial charge in [-0.25, -0.2) is 10.8 Å². The van der Waals surface area contributed by atoms with Crippen LogP contribution >= 0.6 is 11.6 Å². The smallest absolute Gasteiger partial charge is 0.143 e. The standard InChI is InChI=1S/C10H10ClN3/c1-6-4-7-5-8(11)2-3-9(7)13-10(6)14-12/h2-5H,12H2,1H3,(H,13,14). The predicted molar refractivity (Wildman–Crippen MR) is 59.3 cm³/mol. The molecule has 0 unspecified atom stereocenters. The maximum absolute atomic E-state index is 5.88. The van der Waals surface area contributed by atoms with Crippen molar-refractivity contribution < 1.29 is 0 Å². The molecule has 0 saturated heterocycles. The minimum atomic E-state index is 0.694. The molecule has 0 bridgehead atoms. The van der Waals surface area contributed by atoms with Gasteiger partial charge in [0.2, 0.25) is 0 Å². The Morgan fingerprint density at radius 1 is 1.36 bits per heavy atom. The fourth-order valence-electron chi connectivity index (χ4n) is 1.40. The van der Waals surface area contributed by atoms with Crippen molar-refractivity contribution in [1.29, 1.82) is 0 Å². The van der Waals surface area contributed by atoms with Crippen molar-refractivity contribution >= 4 is 28.3 Å². The van der Waals surface area contributed by atoms with Crippen molar-refractivity contribution in [3.63, 3.8) is 0 Å². The average molecular weight is 208 g/mol. The molecule has 0 amide bonds. The van der Waals surface area contributed by atoms with E-state index in [1.807, 2.05) is 31.2 Å². The fourth-order valence-corrected chi connectivity index (χ4v) is 1.58. The number of hydrogen-bond donors (Lipinski definition) is 2. The number of nitrogens with two attached hydrogens (primary N) is 1. The number of hydrazine groups is 1. The van der Waals surface area contributed by atoms with Crippen LogP contribution < -0.4 is 11.3 Å². The SMILES string of the molecule is Cc1cc2cc(Cl)ccc2nc1NN. The van der Waals surface area contributed by atoms with E-state index in [1.165, 1.54) is 0 Å². The maximum Gasteiger partial charge on any atom is 0.143 e. The molecule has 72 valence electrons. The van der Waals surface area contributed by atoms with E-state index in [2.05, 4.69) is 10.4 Å². The van der Waals surface area contributed by atoms with E-state index in [0.717, 1.165) is 16.5 Å². The van der Waals surface area contributed by atoms with Gasteiger partial charge in [-0.3, -0.25) is 0 Å². The van der Waals surface area contributed by atoms with Crippen molar-refractivity contribution in [2.24, 2.45) is 5.84 Å². The summed E-state index contributed by atoms with van der Waals surface area (Å²) in [6.45, 7) is 1.95. The Kier molecular flexibility index (Phi) is 2.27. The zero-order valence-electron chi connectivity index (χ0n) is 7.71. The lowest BCUT2D eigenvalue weighted by atomic mass is 10.1. The minimum Gasteiger partial charge on any atom is -0.308 e. The Morgan fingerprint density at radius 2 is 2.14 bits per heavy atom. The first-order valence-electron chi connectivity index (χ1n) is 4.24. The monoisotopic (exact) mass is 207 g/mol.